The highest BCUT2D eigenvalue weighted by Gasteiger charge is 2.17. The number of rotatable bonds is 5. The maximum atomic E-state index is 12.4. The first-order valence-corrected chi connectivity index (χ1v) is 9.88. The molecule has 1 amide bonds. The van der Waals surface area contributed by atoms with E-state index in [-0.39, 0.29) is 17.6 Å². The van der Waals surface area contributed by atoms with Crippen molar-refractivity contribution in [1.82, 2.24) is 0 Å². The van der Waals surface area contributed by atoms with Crippen LogP contribution in [0, 0.1) is 0 Å². The molecule has 0 aliphatic carbocycles. The van der Waals surface area contributed by atoms with E-state index in [1.807, 2.05) is 0 Å². The molecule has 0 unspecified atom stereocenters. The zero-order valence-electron chi connectivity index (χ0n) is 14.6. The Morgan fingerprint density at radius 3 is 2.29 bits per heavy atom. The Bertz CT molecular complexity index is 1110. The first-order chi connectivity index (χ1) is 13.5. The third-order valence-electron chi connectivity index (χ3n) is 4.08. The molecule has 0 saturated carbocycles. The van der Waals surface area contributed by atoms with Crippen molar-refractivity contribution < 1.29 is 22.7 Å². The largest absolute Gasteiger partial charge is 0.454 e. The highest BCUT2D eigenvalue weighted by atomic mass is 32.2. The normalized spacial score (nSPS) is 12.4. The zero-order valence-corrected chi connectivity index (χ0v) is 15.4. The van der Waals surface area contributed by atoms with Crippen molar-refractivity contribution in [2.75, 3.05) is 16.8 Å². The maximum absolute atomic E-state index is 12.4. The van der Waals surface area contributed by atoms with Gasteiger partial charge >= 0.3 is 0 Å². The number of anilines is 2. The number of hydrogen-bond acceptors (Lipinski definition) is 5. The topological polar surface area (TPSA) is 93.7 Å². The molecule has 0 spiro atoms. The third-order valence-corrected chi connectivity index (χ3v) is 5.48. The van der Waals surface area contributed by atoms with Gasteiger partial charge in [-0.2, -0.15) is 0 Å². The summed E-state index contributed by atoms with van der Waals surface area (Å²) in [5, 5.41) is 2.75. The Morgan fingerprint density at radius 2 is 1.54 bits per heavy atom. The Morgan fingerprint density at radius 1 is 0.821 bits per heavy atom. The quantitative estimate of drug-likeness (QED) is 0.689. The van der Waals surface area contributed by atoms with E-state index in [2.05, 4.69) is 10.0 Å². The fourth-order valence-electron chi connectivity index (χ4n) is 2.68. The van der Waals surface area contributed by atoms with Gasteiger partial charge in [-0.05, 0) is 48.5 Å². The van der Waals surface area contributed by atoms with Crippen LogP contribution in [0.4, 0.5) is 11.4 Å². The lowest BCUT2D eigenvalue weighted by Crippen LogP contribution is -2.14. The number of fused-ring (bicyclic) bond motifs is 1. The monoisotopic (exact) mass is 396 g/mol. The van der Waals surface area contributed by atoms with E-state index in [0.29, 0.717) is 28.4 Å². The average Bonchev–Trinajstić information content (AvgIpc) is 3.16. The lowest BCUT2D eigenvalue weighted by atomic mass is 10.2. The molecule has 2 N–H and O–H groups in total. The second-order valence-corrected chi connectivity index (χ2v) is 7.70. The number of ether oxygens (including phenoxy) is 2. The Hall–Kier alpha value is -3.52. The van der Waals surface area contributed by atoms with Crippen LogP contribution in [-0.2, 0) is 10.0 Å². The van der Waals surface area contributed by atoms with E-state index in [1.54, 1.807) is 48.5 Å². The molecule has 8 heteroatoms. The summed E-state index contributed by atoms with van der Waals surface area (Å²) in [5.74, 6) is 0.823. The lowest BCUT2D eigenvalue weighted by molar-refractivity contribution is 0.102. The second-order valence-electron chi connectivity index (χ2n) is 6.02. The van der Waals surface area contributed by atoms with Crippen LogP contribution in [-0.4, -0.2) is 21.1 Å². The van der Waals surface area contributed by atoms with Crippen LogP contribution in [0.3, 0.4) is 0 Å². The van der Waals surface area contributed by atoms with Gasteiger partial charge in [0.15, 0.2) is 11.5 Å². The smallest absolute Gasteiger partial charge is 0.261 e. The first kappa shape index (κ1) is 17.9. The van der Waals surface area contributed by atoms with Crippen molar-refractivity contribution in [2.24, 2.45) is 0 Å². The predicted octanol–water partition coefficient (Wildman–Crippen LogP) is 3.47. The van der Waals surface area contributed by atoms with Crippen LogP contribution in [0.25, 0.3) is 0 Å². The Kier molecular flexibility index (Phi) is 4.62. The summed E-state index contributed by atoms with van der Waals surface area (Å²) in [6.45, 7) is 0.152. The molecule has 0 radical (unpaired) electrons. The Labute approximate surface area is 162 Å². The molecule has 3 aromatic rings. The first-order valence-electron chi connectivity index (χ1n) is 8.40. The van der Waals surface area contributed by atoms with Crippen molar-refractivity contribution in [2.45, 2.75) is 4.90 Å². The number of carbonyl (C=O) groups excluding carboxylic acids is 1. The van der Waals surface area contributed by atoms with Gasteiger partial charge in [0.05, 0.1) is 4.90 Å². The van der Waals surface area contributed by atoms with Gasteiger partial charge in [-0.25, -0.2) is 8.42 Å². The molecule has 7 nitrogen and oxygen atoms in total. The van der Waals surface area contributed by atoms with Crippen molar-refractivity contribution in [3.63, 3.8) is 0 Å². The minimum Gasteiger partial charge on any atom is -0.454 e. The number of carbonyl (C=O) groups is 1. The van der Waals surface area contributed by atoms with Gasteiger partial charge in [-0.15, -0.1) is 0 Å². The minimum atomic E-state index is -3.73. The van der Waals surface area contributed by atoms with E-state index < -0.39 is 10.0 Å². The molecule has 0 fully saturated rings. The third kappa shape index (κ3) is 3.77. The molecule has 1 heterocycles. The summed E-state index contributed by atoms with van der Waals surface area (Å²) in [5.41, 5.74) is 1.35. The number of hydrogen-bond donors (Lipinski definition) is 2. The molecular formula is C20H16N2O5S. The molecule has 1 aliphatic rings. The summed E-state index contributed by atoms with van der Waals surface area (Å²) in [6, 6.07) is 19.4. The van der Waals surface area contributed by atoms with Crippen molar-refractivity contribution in [3.05, 3.63) is 78.4 Å². The van der Waals surface area contributed by atoms with E-state index in [1.165, 1.54) is 24.3 Å². The van der Waals surface area contributed by atoms with Gasteiger partial charge in [-0.1, -0.05) is 18.2 Å². The second kappa shape index (κ2) is 7.24. The van der Waals surface area contributed by atoms with Gasteiger partial charge in [0.25, 0.3) is 15.9 Å². The fourth-order valence-corrected chi connectivity index (χ4v) is 3.74. The Balaban J connectivity index is 1.47. The molecule has 3 aromatic carbocycles. The fraction of sp³-hybridized carbons (Fsp3) is 0.0500. The van der Waals surface area contributed by atoms with Crippen molar-refractivity contribution >= 4 is 27.3 Å². The van der Waals surface area contributed by atoms with E-state index >= 15 is 0 Å². The number of amides is 1. The number of sulfonamides is 1. The number of para-hydroxylation sites is 1. The summed E-state index contributed by atoms with van der Waals surface area (Å²) in [4.78, 5) is 12.5. The van der Waals surface area contributed by atoms with Crippen LogP contribution in [0.1, 0.15) is 10.4 Å². The van der Waals surface area contributed by atoms with E-state index in [4.69, 9.17) is 9.47 Å². The standard InChI is InChI=1S/C20H16N2O5S/c23-20(21-16-8-11-18-19(12-16)27-13-26-18)14-6-9-17(10-7-14)28(24,25)22-15-4-2-1-3-5-15/h1-12,22H,13H2,(H,21,23). The highest BCUT2D eigenvalue weighted by Crippen LogP contribution is 2.34. The van der Waals surface area contributed by atoms with E-state index in [0.717, 1.165) is 0 Å². The molecule has 0 aromatic heterocycles. The van der Waals surface area contributed by atoms with Crippen LogP contribution in [0.5, 0.6) is 11.5 Å². The van der Waals surface area contributed by atoms with Crippen molar-refractivity contribution in [3.8, 4) is 11.5 Å². The molecular weight excluding hydrogens is 380 g/mol. The summed E-state index contributed by atoms with van der Waals surface area (Å²) in [6.07, 6.45) is 0. The summed E-state index contributed by atoms with van der Waals surface area (Å²) >= 11 is 0. The average molecular weight is 396 g/mol. The van der Waals surface area contributed by atoms with Crippen molar-refractivity contribution in [1.29, 1.82) is 0 Å². The molecule has 1 aliphatic heterocycles. The van der Waals surface area contributed by atoms with Gasteiger partial charge in [0.1, 0.15) is 0 Å². The summed E-state index contributed by atoms with van der Waals surface area (Å²) in [7, 11) is -3.73. The van der Waals surface area contributed by atoms with Crippen LogP contribution >= 0.6 is 0 Å². The van der Waals surface area contributed by atoms with Crippen LogP contribution < -0.4 is 19.5 Å². The zero-order chi connectivity index (χ0) is 19.6. The SMILES string of the molecule is O=C(Nc1ccc2c(c1)OCO2)c1ccc(S(=O)(=O)Nc2ccccc2)cc1. The van der Waals surface area contributed by atoms with Gasteiger partial charge in [0, 0.05) is 23.0 Å². The number of benzene rings is 3. The predicted molar refractivity (Wildman–Crippen MR) is 104 cm³/mol. The van der Waals surface area contributed by atoms with Crippen LogP contribution in [0.15, 0.2) is 77.7 Å². The van der Waals surface area contributed by atoms with Crippen LogP contribution in [0.2, 0.25) is 0 Å². The van der Waals surface area contributed by atoms with Gasteiger partial charge in [-0.3, -0.25) is 9.52 Å². The summed E-state index contributed by atoms with van der Waals surface area (Å²) < 4.78 is 37.9. The minimum absolute atomic E-state index is 0.0657. The molecule has 0 bridgehead atoms. The molecule has 4 rings (SSSR count). The highest BCUT2D eigenvalue weighted by molar-refractivity contribution is 7.92. The number of nitrogens with one attached hydrogen (secondary N) is 2. The van der Waals surface area contributed by atoms with Gasteiger partial charge < -0.3 is 14.8 Å². The van der Waals surface area contributed by atoms with Gasteiger partial charge in [0.2, 0.25) is 6.79 Å². The lowest BCUT2D eigenvalue weighted by Gasteiger charge is -2.09. The van der Waals surface area contributed by atoms with E-state index in [9.17, 15) is 13.2 Å². The molecule has 0 atom stereocenters. The molecule has 142 valence electrons. The molecule has 28 heavy (non-hydrogen) atoms. The molecule has 0 saturated heterocycles. The maximum Gasteiger partial charge on any atom is 0.261 e.